The molecule has 1 aliphatic heterocycles. The number of nitrogens with one attached hydrogen (secondary N) is 1. The van der Waals surface area contributed by atoms with Crippen molar-refractivity contribution in [2.45, 2.75) is 469 Å². The second kappa shape index (κ2) is 67.8. The van der Waals surface area contributed by atoms with Gasteiger partial charge in [-0.2, -0.15) is 0 Å². The molecule has 0 aromatic rings. The Kier molecular flexibility index (Phi) is 65.4. The Morgan fingerprint density at radius 2 is 0.527 bits per heavy atom. The Balaban J connectivity index is 3.07. The van der Waals surface area contributed by atoms with Crippen LogP contribution < -0.4 is 5.32 Å². The average molecular weight is 1320 g/mol. The van der Waals surface area contributed by atoms with Gasteiger partial charge in [0, 0.05) is 32.7 Å². The zero-order valence-electron chi connectivity index (χ0n) is 63.0. The number of rotatable bonds is 75. The van der Waals surface area contributed by atoms with Gasteiger partial charge >= 0.3 is 0 Å². The first-order chi connectivity index (χ1) is 45.5. The van der Waals surface area contributed by atoms with Crippen molar-refractivity contribution in [2.24, 2.45) is 0 Å². The van der Waals surface area contributed by atoms with Gasteiger partial charge in [0.1, 0.15) is 12.1 Å². The number of carbonyl (C=O) groups is 2. The van der Waals surface area contributed by atoms with E-state index in [4.69, 9.17) is 0 Å². The van der Waals surface area contributed by atoms with E-state index in [2.05, 4.69) is 49.7 Å². The summed E-state index contributed by atoms with van der Waals surface area (Å²) in [4.78, 5) is 35.3. The van der Waals surface area contributed by atoms with Crippen LogP contribution in [-0.2, 0) is 9.59 Å². The number of carbonyl (C=O) groups excluding carboxylic acids is 2. The number of β-amino-alcohol motifs (C(OH)–C–C–N with tert-alkyl or cyclic N) is 1. The van der Waals surface area contributed by atoms with Crippen LogP contribution in [0, 0.1) is 0 Å². The summed E-state index contributed by atoms with van der Waals surface area (Å²) < 4.78 is 0. The Bertz CT molecular complexity index is 1500. The number of hydrogen-bond donors (Lipinski definition) is 6. The third-order valence-electron chi connectivity index (χ3n) is 20.7. The first-order valence-electron chi connectivity index (χ1n) is 41.9. The second-order valence-corrected chi connectivity index (χ2v) is 30.2. The molecule has 1 saturated heterocycles. The molecule has 93 heavy (non-hydrogen) atoms. The fraction of sp³-hybridized carbons (Fsp3) is 0.976. The SMILES string of the molecule is CCCCCCCCCCCCC(O)CN(CCCCC1NC(=O)C(CCCCN(CC(O)CCCCCCCCCCCC)CC(O)CCCCCCCCCCCC)N(CC(O)CCCCCCCCCCCC)C1=O)CC(O)CCCCCCCCCCCC. The van der Waals surface area contributed by atoms with E-state index in [-0.39, 0.29) is 18.4 Å². The molecule has 0 radical (unpaired) electrons. The van der Waals surface area contributed by atoms with Gasteiger partial charge in [-0.1, -0.05) is 356 Å². The van der Waals surface area contributed by atoms with Crippen LogP contribution in [-0.4, -0.2) is 140 Å². The smallest absolute Gasteiger partial charge is 0.245 e. The summed E-state index contributed by atoms with van der Waals surface area (Å²) in [5.41, 5.74) is 0. The lowest BCUT2D eigenvalue weighted by Crippen LogP contribution is -2.64. The fourth-order valence-corrected chi connectivity index (χ4v) is 14.6. The Labute approximate surface area is 578 Å². The van der Waals surface area contributed by atoms with Gasteiger partial charge in [-0.15, -0.1) is 0 Å². The van der Waals surface area contributed by atoms with Crippen molar-refractivity contribution >= 4 is 11.8 Å². The highest BCUT2D eigenvalue weighted by Crippen LogP contribution is 2.24. The zero-order valence-corrected chi connectivity index (χ0v) is 63.0. The molecule has 7 atom stereocenters. The van der Waals surface area contributed by atoms with Crippen LogP contribution in [0.1, 0.15) is 426 Å². The molecule has 0 aromatic heterocycles. The molecule has 0 saturated carbocycles. The van der Waals surface area contributed by atoms with Crippen LogP contribution in [0.5, 0.6) is 0 Å². The van der Waals surface area contributed by atoms with E-state index in [0.717, 1.165) is 116 Å². The highest BCUT2D eigenvalue weighted by Gasteiger charge is 2.40. The van der Waals surface area contributed by atoms with Crippen LogP contribution in [0.25, 0.3) is 0 Å². The number of hydrogen-bond acceptors (Lipinski definition) is 9. The van der Waals surface area contributed by atoms with Gasteiger partial charge in [0.2, 0.25) is 11.8 Å². The van der Waals surface area contributed by atoms with Crippen LogP contribution in [0.3, 0.4) is 0 Å². The minimum absolute atomic E-state index is 0.0933. The highest BCUT2D eigenvalue weighted by molar-refractivity contribution is 5.97. The molecule has 6 N–H and O–H groups in total. The van der Waals surface area contributed by atoms with Crippen molar-refractivity contribution in [1.82, 2.24) is 20.0 Å². The van der Waals surface area contributed by atoms with Crippen molar-refractivity contribution in [3.8, 4) is 0 Å². The topological polar surface area (TPSA) is 157 Å². The summed E-state index contributed by atoms with van der Waals surface area (Å²) in [5.74, 6) is -0.225. The molecule has 1 fully saturated rings. The third kappa shape index (κ3) is 56.1. The molecule has 1 heterocycles. The maximum atomic E-state index is 14.7. The summed E-state index contributed by atoms with van der Waals surface area (Å²) in [6.07, 6.45) is 68.0. The first-order valence-corrected chi connectivity index (χ1v) is 41.9. The van der Waals surface area contributed by atoms with Gasteiger partial charge < -0.3 is 35.7 Å². The van der Waals surface area contributed by atoms with E-state index in [1.54, 1.807) is 4.90 Å². The van der Waals surface area contributed by atoms with Crippen molar-refractivity contribution < 1.29 is 35.1 Å². The number of aliphatic hydroxyl groups excluding tert-OH is 5. The van der Waals surface area contributed by atoms with E-state index >= 15 is 0 Å². The molecule has 0 spiro atoms. The maximum absolute atomic E-state index is 14.7. The molecule has 11 nitrogen and oxygen atoms in total. The van der Waals surface area contributed by atoms with Crippen LogP contribution in [0.2, 0.25) is 0 Å². The number of nitrogens with zero attached hydrogens (tertiary/aromatic N) is 3. The lowest BCUT2D eigenvalue weighted by molar-refractivity contribution is -0.151. The monoisotopic (exact) mass is 1320 g/mol. The Morgan fingerprint density at radius 3 is 0.785 bits per heavy atom. The van der Waals surface area contributed by atoms with Crippen LogP contribution in [0.15, 0.2) is 0 Å². The van der Waals surface area contributed by atoms with Crippen molar-refractivity contribution in [3.05, 3.63) is 0 Å². The molecule has 0 aliphatic carbocycles. The molecule has 7 unspecified atom stereocenters. The quantitative estimate of drug-likeness (QED) is 0.0326. The maximum Gasteiger partial charge on any atom is 0.245 e. The molecular formula is C82H164N4O7. The van der Waals surface area contributed by atoms with E-state index in [1.165, 1.54) is 250 Å². The summed E-state index contributed by atoms with van der Waals surface area (Å²) in [7, 11) is 0. The molecule has 0 aromatic carbocycles. The number of amides is 2. The summed E-state index contributed by atoms with van der Waals surface area (Å²) in [5, 5.41) is 60.3. The predicted molar refractivity (Wildman–Crippen MR) is 400 cm³/mol. The minimum Gasteiger partial charge on any atom is -0.392 e. The number of piperazine rings is 1. The molecule has 2 amide bonds. The molecule has 0 bridgehead atoms. The van der Waals surface area contributed by atoms with Gasteiger partial charge in [0.05, 0.1) is 30.5 Å². The van der Waals surface area contributed by atoms with Crippen LogP contribution in [0.4, 0.5) is 0 Å². The predicted octanol–water partition coefficient (Wildman–Crippen LogP) is 21.0. The molecule has 1 aliphatic rings. The number of unbranched alkanes of at least 4 members (excludes halogenated alkanes) is 47. The summed E-state index contributed by atoms with van der Waals surface area (Å²) in [6.45, 7) is 15.1. The third-order valence-corrected chi connectivity index (χ3v) is 20.7. The van der Waals surface area contributed by atoms with Gasteiger partial charge in [-0.05, 0) is 83.7 Å². The molecular weight excluding hydrogens is 1150 g/mol. The Morgan fingerprint density at radius 1 is 0.301 bits per heavy atom. The minimum atomic E-state index is -0.700. The van der Waals surface area contributed by atoms with Gasteiger partial charge in [-0.3, -0.25) is 19.4 Å². The van der Waals surface area contributed by atoms with Gasteiger partial charge in [0.15, 0.2) is 0 Å². The molecule has 554 valence electrons. The summed E-state index contributed by atoms with van der Waals surface area (Å²) >= 11 is 0. The van der Waals surface area contributed by atoms with Gasteiger partial charge in [-0.25, -0.2) is 0 Å². The van der Waals surface area contributed by atoms with Crippen LogP contribution >= 0.6 is 0 Å². The number of aliphatic hydroxyl groups is 5. The fourth-order valence-electron chi connectivity index (χ4n) is 14.6. The van der Waals surface area contributed by atoms with Crippen molar-refractivity contribution in [2.75, 3.05) is 45.8 Å². The first kappa shape index (κ1) is 89.7. The highest BCUT2D eigenvalue weighted by atomic mass is 16.3. The lowest BCUT2D eigenvalue weighted by atomic mass is 9.97. The van der Waals surface area contributed by atoms with Crippen molar-refractivity contribution in [1.29, 1.82) is 0 Å². The molecule has 1 rings (SSSR count). The standard InChI is InChI=1S/C82H164N4O7/c1-6-11-16-21-26-31-36-41-46-51-60-74(87)69-84(70-75(88)61-52-47-42-37-32-27-22-17-12-7-2)67-58-56-65-79-82(93)86(73-78(91)64-55-50-45-40-35-30-25-20-15-10-5)80(81(92)83-79)66-57-59-68-85(71-76(89)62-53-48-43-38-33-28-23-18-13-8-3)72-77(90)63-54-49-44-39-34-29-24-19-14-9-4/h74-80,87-91H,6-73H2,1-5H3,(H,83,92). The Hall–Kier alpha value is -1.34. The average Bonchev–Trinajstić information content (AvgIpc) is 0.847. The van der Waals surface area contributed by atoms with E-state index in [0.29, 0.717) is 65.0 Å². The zero-order chi connectivity index (χ0) is 67.7. The second-order valence-electron chi connectivity index (χ2n) is 30.2. The summed E-state index contributed by atoms with van der Waals surface area (Å²) in [6, 6.07) is -1.31. The lowest BCUT2D eigenvalue weighted by Gasteiger charge is -2.40. The van der Waals surface area contributed by atoms with Gasteiger partial charge in [0.25, 0.3) is 0 Å². The van der Waals surface area contributed by atoms with Crippen molar-refractivity contribution in [3.63, 3.8) is 0 Å². The largest absolute Gasteiger partial charge is 0.392 e. The molecule has 11 heteroatoms. The normalized spacial score (nSPS) is 16.3. The van der Waals surface area contributed by atoms with E-state index < -0.39 is 42.6 Å². The van der Waals surface area contributed by atoms with E-state index in [9.17, 15) is 35.1 Å². The van der Waals surface area contributed by atoms with E-state index in [1.807, 2.05) is 0 Å².